The fraction of sp³-hybridized carbons (Fsp3) is 0.417. The number of hydrogen-bond donors (Lipinski definition) is 2. The third kappa shape index (κ3) is 2.82. The highest BCUT2D eigenvalue weighted by Gasteiger charge is 2.37. The van der Waals surface area contributed by atoms with Gasteiger partial charge >= 0.3 is 5.97 Å². The lowest BCUT2D eigenvalue weighted by atomic mass is 10.2. The molecule has 2 atom stereocenters. The summed E-state index contributed by atoms with van der Waals surface area (Å²) < 4.78 is 1.59. The van der Waals surface area contributed by atoms with Crippen LogP contribution in [0.15, 0.2) is 18.3 Å². The van der Waals surface area contributed by atoms with Gasteiger partial charge in [0.05, 0.1) is 11.8 Å². The number of carbonyl (C=O) groups excluding carboxylic acids is 1. The molecule has 19 heavy (non-hydrogen) atoms. The molecule has 1 aromatic rings. The van der Waals surface area contributed by atoms with Gasteiger partial charge in [-0.2, -0.15) is 5.10 Å². The number of hydrogen-bond acceptors (Lipinski definition) is 4. The monoisotopic (exact) mass is 265 g/mol. The summed E-state index contributed by atoms with van der Waals surface area (Å²) in [6, 6.07) is 0.774. The first-order chi connectivity index (χ1) is 8.99. The lowest BCUT2D eigenvalue weighted by Gasteiger charge is -2.19. The third-order valence-corrected chi connectivity index (χ3v) is 3.10. The molecular formula is C12H15N3O4. The van der Waals surface area contributed by atoms with Gasteiger partial charge in [-0.3, -0.25) is 9.48 Å². The number of carboxylic acid groups (broad SMARTS) is 1. The summed E-state index contributed by atoms with van der Waals surface area (Å²) in [6.07, 6.45) is 3.75. The summed E-state index contributed by atoms with van der Waals surface area (Å²) in [7, 11) is 1.74. The first-order valence-electron chi connectivity index (χ1n) is 5.86. The molecule has 0 bridgehead atoms. The van der Waals surface area contributed by atoms with Crippen molar-refractivity contribution >= 4 is 18.0 Å². The van der Waals surface area contributed by atoms with Gasteiger partial charge in [0.2, 0.25) is 5.91 Å². The van der Waals surface area contributed by atoms with Gasteiger partial charge in [0.15, 0.2) is 0 Å². The molecule has 1 aliphatic rings. The number of aromatic nitrogens is 2. The normalized spacial score (nSPS) is 23.2. The number of amides is 1. The van der Waals surface area contributed by atoms with E-state index in [0.717, 1.165) is 5.69 Å². The molecule has 0 aromatic carbocycles. The average Bonchev–Trinajstić information content (AvgIpc) is 2.92. The van der Waals surface area contributed by atoms with Crippen molar-refractivity contribution < 1.29 is 19.8 Å². The standard InChI is InChI=1S/C12H15N3O4/c1-14-8(4-5-13-14)2-3-11(17)15-7-9(16)6-10(15)12(18)19/h2-5,9-10,16H,6-7H2,1H3,(H,18,19)/b3-2+/t9?,10-/m0/s1. The SMILES string of the molecule is Cn1nccc1/C=C/C(=O)N1CC(O)C[C@H]1C(=O)O. The molecule has 1 aliphatic heterocycles. The van der Waals surface area contributed by atoms with Crippen LogP contribution in [-0.4, -0.2) is 55.5 Å². The number of carbonyl (C=O) groups is 2. The third-order valence-electron chi connectivity index (χ3n) is 3.10. The number of aliphatic hydroxyl groups excluding tert-OH is 1. The molecule has 2 N–H and O–H groups in total. The Kier molecular flexibility index (Phi) is 3.66. The van der Waals surface area contributed by atoms with Crippen molar-refractivity contribution in [2.24, 2.45) is 7.05 Å². The van der Waals surface area contributed by atoms with Gasteiger partial charge in [-0.15, -0.1) is 0 Å². The smallest absolute Gasteiger partial charge is 0.326 e. The Labute approximate surface area is 109 Å². The van der Waals surface area contributed by atoms with Crippen molar-refractivity contribution in [3.63, 3.8) is 0 Å². The quantitative estimate of drug-likeness (QED) is 0.717. The van der Waals surface area contributed by atoms with Crippen LogP contribution in [0.1, 0.15) is 12.1 Å². The predicted molar refractivity (Wildman–Crippen MR) is 66.0 cm³/mol. The Balaban J connectivity index is 2.09. The molecular weight excluding hydrogens is 250 g/mol. The maximum atomic E-state index is 11.9. The average molecular weight is 265 g/mol. The Morgan fingerprint density at radius 3 is 2.84 bits per heavy atom. The fourth-order valence-electron chi connectivity index (χ4n) is 2.09. The second kappa shape index (κ2) is 5.23. The van der Waals surface area contributed by atoms with Crippen LogP contribution < -0.4 is 0 Å². The van der Waals surface area contributed by atoms with Gasteiger partial charge in [0.1, 0.15) is 6.04 Å². The summed E-state index contributed by atoms with van der Waals surface area (Å²) in [6.45, 7) is 0.0471. The molecule has 2 heterocycles. The molecule has 1 amide bonds. The number of aryl methyl sites for hydroxylation is 1. The Hall–Kier alpha value is -2.15. The van der Waals surface area contributed by atoms with Crippen molar-refractivity contribution in [2.75, 3.05) is 6.54 Å². The van der Waals surface area contributed by atoms with E-state index in [0.29, 0.717) is 0 Å². The van der Waals surface area contributed by atoms with E-state index in [-0.39, 0.29) is 13.0 Å². The van der Waals surface area contributed by atoms with Crippen LogP contribution in [0, 0.1) is 0 Å². The van der Waals surface area contributed by atoms with Crippen LogP contribution in [-0.2, 0) is 16.6 Å². The molecule has 2 rings (SSSR count). The summed E-state index contributed by atoms with van der Waals surface area (Å²) in [5.41, 5.74) is 0.736. The van der Waals surface area contributed by atoms with E-state index in [1.54, 1.807) is 30.1 Å². The van der Waals surface area contributed by atoms with Gasteiger partial charge in [-0.1, -0.05) is 0 Å². The molecule has 1 aromatic heterocycles. The summed E-state index contributed by atoms with van der Waals surface area (Å²) in [5.74, 6) is -1.52. The zero-order valence-corrected chi connectivity index (χ0v) is 10.4. The Bertz CT molecular complexity index is 523. The van der Waals surface area contributed by atoms with E-state index in [4.69, 9.17) is 5.11 Å². The topological polar surface area (TPSA) is 95.7 Å². The number of likely N-dealkylation sites (tertiary alicyclic amines) is 1. The molecule has 7 heteroatoms. The van der Waals surface area contributed by atoms with Crippen molar-refractivity contribution in [1.29, 1.82) is 0 Å². The lowest BCUT2D eigenvalue weighted by Crippen LogP contribution is -2.39. The number of rotatable bonds is 3. The van der Waals surface area contributed by atoms with Crippen molar-refractivity contribution in [3.8, 4) is 0 Å². The minimum absolute atomic E-state index is 0.0471. The van der Waals surface area contributed by atoms with E-state index in [1.807, 2.05) is 0 Å². The highest BCUT2D eigenvalue weighted by molar-refractivity contribution is 5.94. The Morgan fingerprint density at radius 1 is 1.53 bits per heavy atom. The van der Waals surface area contributed by atoms with E-state index in [2.05, 4.69) is 5.10 Å². The number of carboxylic acids is 1. The maximum absolute atomic E-state index is 11.9. The first-order valence-corrected chi connectivity index (χ1v) is 5.86. The molecule has 0 saturated carbocycles. The van der Waals surface area contributed by atoms with E-state index < -0.39 is 24.0 Å². The van der Waals surface area contributed by atoms with Gasteiger partial charge in [-0.05, 0) is 12.1 Å². The Morgan fingerprint density at radius 2 is 2.26 bits per heavy atom. The first kappa shape index (κ1) is 13.3. The van der Waals surface area contributed by atoms with E-state index in [1.165, 1.54) is 11.0 Å². The number of nitrogens with zero attached hydrogens (tertiary/aromatic N) is 3. The number of aliphatic carboxylic acids is 1. The molecule has 7 nitrogen and oxygen atoms in total. The van der Waals surface area contributed by atoms with Gasteiger partial charge in [0.25, 0.3) is 0 Å². The van der Waals surface area contributed by atoms with Crippen LogP contribution >= 0.6 is 0 Å². The second-order valence-electron chi connectivity index (χ2n) is 4.45. The fourth-order valence-corrected chi connectivity index (χ4v) is 2.09. The molecule has 102 valence electrons. The summed E-state index contributed by atoms with van der Waals surface area (Å²) in [5, 5.41) is 22.4. The molecule has 0 aliphatic carbocycles. The van der Waals surface area contributed by atoms with Crippen molar-refractivity contribution in [1.82, 2.24) is 14.7 Å². The highest BCUT2D eigenvalue weighted by Crippen LogP contribution is 2.18. The molecule has 0 radical (unpaired) electrons. The molecule has 1 unspecified atom stereocenters. The molecule has 0 spiro atoms. The minimum atomic E-state index is -1.10. The van der Waals surface area contributed by atoms with E-state index in [9.17, 15) is 14.7 Å². The van der Waals surface area contributed by atoms with Crippen molar-refractivity contribution in [2.45, 2.75) is 18.6 Å². The van der Waals surface area contributed by atoms with Gasteiger partial charge < -0.3 is 15.1 Å². The minimum Gasteiger partial charge on any atom is -0.480 e. The van der Waals surface area contributed by atoms with E-state index >= 15 is 0 Å². The largest absolute Gasteiger partial charge is 0.480 e. The summed E-state index contributed by atoms with van der Waals surface area (Å²) >= 11 is 0. The molecule has 1 fully saturated rings. The van der Waals surface area contributed by atoms with Crippen LogP contribution in [0.25, 0.3) is 6.08 Å². The van der Waals surface area contributed by atoms with Crippen LogP contribution in [0.4, 0.5) is 0 Å². The maximum Gasteiger partial charge on any atom is 0.326 e. The van der Waals surface area contributed by atoms with Gasteiger partial charge in [-0.25, -0.2) is 4.79 Å². The lowest BCUT2D eigenvalue weighted by molar-refractivity contribution is -0.146. The zero-order chi connectivity index (χ0) is 14.0. The predicted octanol–water partition coefficient (Wildman–Crippen LogP) is -0.520. The zero-order valence-electron chi connectivity index (χ0n) is 10.4. The van der Waals surface area contributed by atoms with Crippen LogP contribution in [0.5, 0.6) is 0 Å². The number of β-amino-alcohol motifs (C(OH)–C–C–N with tert-alkyl or cyclic N) is 1. The highest BCUT2D eigenvalue weighted by atomic mass is 16.4. The molecule has 1 saturated heterocycles. The summed E-state index contributed by atoms with van der Waals surface area (Å²) in [4.78, 5) is 24.1. The number of aliphatic hydroxyl groups is 1. The van der Waals surface area contributed by atoms with Crippen LogP contribution in [0.3, 0.4) is 0 Å². The van der Waals surface area contributed by atoms with Crippen molar-refractivity contribution in [3.05, 3.63) is 24.0 Å². The van der Waals surface area contributed by atoms with Gasteiger partial charge in [0, 0.05) is 32.3 Å². The van der Waals surface area contributed by atoms with Crippen LogP contribution in [0.2, 0.25) is 0 Å². The second-order valence-corrected chi connectivity index (χ2v) is 4.45.